The van der Waals surface area contributed by atoms with Gasteiger partial charge in [-0.3, -0.25) is 4.79 Å². The summed E-state index contributed by atoms with van der Waals surface area (Å²) in [5, 5.41) is 20.1. The van der Waals surface area contributed by atoms with Gasteiger partial charge in [-0.1, -0.05) is 29.8 Å². The van der Waals surface area contributed by atoms with Gasteiger partial charge in [0.25, 0.3) is 5.91 Å². The van der Waals surface area contributed by atoms with Crippen molar-refractivity contribution < 1.29 is 14.3 Å². The molecule has 8 heteroatoms. The van der Waals surface area contributed by atoms with E-state index in [1.807, 2.05) is 38.1 Å². The molecule has 0 saturated carbocycles. The highest BCUT2D eigenvalue weighted by Crippen LogP contribution is 2.16. The second-order valence-electron chi connectivity index (χ2n) is 6.50. The minimum Gasteiger partial charge on any atom is -0.451 e. The van der Waals surface area contributed by atoms with E-state index in [1.165, 1.54) is 4.80 Å². The van der Waals surface area contributed by atoms with Crippen LogP contribution < -0.4 is 5.32 Å². The van der Waals surface area contributed by atoms with Crippen molar-refractivity contribution in [3.05, 3.63) is 70.5 Å². The van der Waals surface area contributed by atoms with Crippen LogP contribution in [0.5, 0.6) is 0 Å². The minimum absolute atomic E-state index is 0.0372. The lowest BCUT2D eigenvalue weighted by atomic mass is 10.1. The molecule has 0 radical (unpaired) electrons. The Labute approximate surface area is 167 Å². The standard InChI is InChI=1S/C21H19N5O3/c1-13-8-9-18(14(2)10-13)26-24-15(3)20(25-26)21(28)29-12-19(27)23-17-7-5-4-6-16(17)11-22/h4-10H,12H2,1-3H3,(H,23,27). The number of amides is 1. The number of benzene rings is 2. The molecule has 3 aromatic rings. The molecule has 2 aromatic carbocycles. The average Bonchev–Trinajstić information content (AvgIpc) is 3.08. The van der Waals surface area contributed by atoms with Gasteiger partial charge < -0.3 is 10.1 Å². The van der Waals surface area contributed by atoms with Crippen molar-refractivity contribution in [2.24, 2.45) is 0 Å². The molecule has 0 aliphatic carbocycles. The molecule has 0 spiro atoms. The molecule has 0 aliphatic heterocycles. The van der Waals surface area contributed by atoms with E-state index < -0.39 is 18.5 Å². The molecule has 1 aromatic heterocycles. The number of esters is 1. The molecule has 0 bridgehead atoms. The lowest BCUT2D eigenvalue weighted by Crippen LogP contribution is -2.22. The number of carbonyl (C=O) groups is 2. The van der Waals surface area contributed by atoms with Gasteiger partial charge in [0.2, 0.25) is 0 Å². The first-order chi connectivity index (χ1) is 13.9. The Balaban J connectivity index is 1.67. The summed E-state index contributed by atoms with van der Waals surface area (Å²) in [4.78, 5) is 25.8. The van der Waals surface area contributed by atoms with Crippen molar-refractivity contribution in [1.29, 1.82) is 5.26 Å². The molecule has 3 rings (SSSR count). The van der Waals surface area contributed by atoms with Crippen molar-refractivity contribution in [3.8, 4) is 11.8 Å². The van der Waals surface area contributed by atoms with Gasteiger partial charge in [0.15, 0.2) is 12.3 Å². The second-order valence-corrected chi connectivity index (χ2v) is 6.50. The van der Waals surface area contributed by atoms with Crippen LogP contribution in [0.2, 0.25) is 0 Å². The smallest absolute Gasteiger partial charge is 0.361 e. The summed E-state index contributed by atoms with van der Waals surface area (Å²) in [5.74, 6) is -1.30. The fraction of sp³-hybridized carbons (Fsp3) is 0.190. The molecule has 0 saturated heterocycles. The summed E-state index contributed by atoms with van der Waals surface area (Å²) < 4.78 is 5.07. The summed E-state index contributed by atoms with van der Waals surface area (Å²) in [5.41, 5.74) is 3.94. The van der Waals surface area contributed by atoms with Crippen LogP contribution in [-0.4, -0.2) is 33.5 Å². The fourth-order valence-electron chi connectivity index (χ4n) is 2.78. The number of carbonyl (C=O) groups excluding carboxylic acids is 2. The number of hydrogen-bond acceptors (Lipinski definition) is 6. The van der Waals surface area contributed by atoms with Crippen molar-refractivity contribution in [2.75, 3.05) is 11.9 Å². The summed E-state index contributed by atoms with van der Waals surface area (Å²) in [6.07, 6.45) is 0. The summed E-state index contributed by atoms with van der Waals surface area (Å²) in [6.45, 7) is 5.06. The second kappa shape index (κ2) is 8.35. The van der Waals surface area contributed by atoms with E-state index in [2.05, 4.69) is 15.5 Å². The third kappa shape index (κ3) is 4.47. The number of rotatable bonds is 5. The summed E-state index contributed by atoms with van der Waals surface area (Å²) in [6, 6.07) is 14.3. The van der Waals surface area contributed by atoms with Crippen LogP contribution in [-0.2, 0) is 9.53 Å². The number of aromatic nitrogens is 3. The Kier molecular flexibility index (Phi) is 5.69. The zero-order valence-electron chi connectivity index (χ0n) is 16.3. The van der Waals surface area contributed by atoms with Gasteiger partial charge in [0.1, 0.15) is 6.07 Å². The first kappa shape index (κ1) is 19.8. The molecule has 0 atom stereocenters. The quantitative estimate of drug-likeness (QED) is 0.672. The van der Waals surface area contributed by atoms with Crippen LogP contribution in [0.25, 0.3) is 5.69 Å². The predicted molar refractivity (Wildman–Crippen MR) is 106 cm³/mol. The lowest BCUT2D eigenvalue weighted by molar-refractivity contribution is -0.119. The van der Waals surface area contributed by atoms with E-state index in [1.54, 1.807) is 31.2 Å². The van der Waals surface area contributed by atoms with E-state index in [0.29, 0.717) is 16.9 Å². The zero-order chi connectivity index (χ0) is 21.0. The third-order valence-electron chi connectivity index (χ3n) is 4.20. The van der Waals surface area contributed by atoms with E-state index in [-0.39, 0.29) is 5.69 Å². The Morgan fingerprint density at radius 3 is 2.62 bits per heavy atom. The van der Waals surface area contributed by atoms with E-state index in [0.717, 1.165) is 16.8 Å². The molecule has 1 heterocycles. The number of aryl methyl sites for hydroxylation is 3. The highest BCUT2D eigenvalue weighted by Gasteiger charge is 2.20. The number of ether oxygens (including phenoxy) is 1. The molecule has 0 fully saturated rings. The normalized spacial score (nSPS) is 10.3. The summed E-state index contributed by atoms with van der Waals surface area (Å²) in [7, 11) is 0. The molecule has 1 amide bonds. The van der Waals surface area contributed by atoms with Gasteiger partial charge in [-0.2, -0.15) is 15.2 Å². The Bertz CT molecular complexity index is 1130. The molecule has 0 unspecified atom stereocenters. The van der Waals surface area contributed by atoms with E-state index in [4.69, 9.17) is 10.00 Å². The van der Waals surface area contributed by atoms with Gasteiger partial charge in [-0.15, -0.1) is 5.10 Å². The zero-order valence-corrected chi connectivity index (χ0v) is 16.3. The van der Waals surface area contributed by atoms with Crippen LogP contribution in [0.4, 0.5) is 5.69 Å². The molecular formula is C21H19N5O3. The van der Waals surface area contributed by atoms with Gasteiger partial charge in [-0.25, -0.2) is 4.79 Å². The number of nitrogens with one attached hydrogen (secondary N) is 1. The Hall–Kier alpha value is -3.99. The number of nitrogens with zero attached hydrogens (tertiary/aromatic N) is 4. The Morgan fingerprint density at radius 2 is 1.90 bits per heavy atom. The number of anilines is 1. The molecule has 0 aliphatic rings. The summed E-state index contributed by atoms with van der Waals surface area (Å²) >= 11 is 0. The average molecular weight is 389 g/mol. The molecule has 146 valence electrons. The fourth-order valence-corrected chi connectivity index (χ4v) is 2.78. The lowest BCUT2D eigenvalue weighted by Gasteiger charge is -2.07. The van der Waals surface area contributed by atoms with Crippen LogP contribution >= 0.6 is 0 Å². The number of para-hydroxylation sites is 1. The van der Waals surface area contributed by atoms with E-state index in [9.17, 15) is 9.59 Å². The van der Waals surface area contributed by atoms with Crippen LogP contribution in [0.15, 0.2) is 42.5 Å². The van der Waals surface area contributed by atoms with E-state index >= 15 is 0 Å². The largest absolute Gasteiger partial charge is 0.451 e. The third-order valence-corrected chi connectivity index (χ3v) is 4.20. The minimum atomic E-state index is -0.748. The predicted octanol–water partition coefficient (Wildman–Crippen LogP) is 2.86. The van der Waals surface area contributed by atoms with Gasteiger partial charge >= 0.3 is 5.97 Å². The molecule has 1 N–H and O–H groups in total. The highest BCUT2D eigenvalue weighted by atomic mass is 16.5. The topological polar surface area (TPSA) is 110 Å². The number of nitriles is 1. The van der Waals surface area contributed by atoms with Gasteiger partial charge in [-0.05, 0) is 44.5 Å². The van der Waals surface area contributed by atoms with Crippen LogP contribution in [0.1, 0.15) is 32.9 Å². The first-order valence-corrected chi connectivity index (χ1v) is 8.86. The maximum absolute atomic E-state index is 12.4. The monoisotopic (exact) mass is 389 g/mol. The van der Waals surface area contributed by atoms with Gasteiger partial charge in [0, 0.05) is 0 Å². The van der Waals surface area contributed by atoms with Crippen molar-refractivity contribution in [3.63, 3.8) is 0 Å². The Morgan fingerprint density at radius 1 is 1.14 bits per heavy atom. The van der Waals surface area contributed by atoms with Crippen LogP contribution in [0.3, 0.4) is 0 Å². The number of hydrogen-bond donors (Lipinski definition) is 1. The maximum Gasteiger partial charge on any atom is 0.361 e. The van der Waals surface area contributed by atoms with Crippen LogP contribution in [0, 0.1) is 32.1 Å². The molecule has 29 heavy (non-hydrogen) atoms. The highest BCUT2D eigenvalue weighted by molar-refractivity contribution is 5.95. The SMILES string of the molecule is Cc1ccc(-n2nc(C)c(C(=O)OCC(=O)Nc3ccccc3C#N)n2)c(C)c1. The molecule has 8 nitrogen and oxygen atoms in total. The first-order valence-electron chi connectivity index (χ1n) is 8.86. The van der Waals surface area contributed by atoms with Crippen molar-refractivity contribution >= 4 is 17.6 Å². The maximum atomic E-state index is 12.4. The van der Waals surface area contributed by atoms with Crippen molar-refractivity contribution in [2.45, 2.75) is 20.8 Å². The molecular weight excluding hydrogens is 370 g/mol. The van der Waals surface area contributed by atoms with Crippen molar-refractivity contribution in [1.82, 2.24) is 15.0 Å². The van der Waals surface area contributed by atoms with Gasteiger partial charge in [0.05, 0.1) is 22.6 Å².